The molecule has 0 aromatic rings. The fraction of sp³-hybridized carbons (Fsp3) is 0. The molecule has 0 saturated heterocycles. The monoisotopic (exact) mass is 86.0 g/mol. The van der Waals surface area contributed by atoms with Crippen molar-refractivity contribution in [2.24, 2.45) is 10.9 Å². The van der Waals surface area contributed by atoms with Crippen molar-refractivity contribution in [3.63, 3.8) is 0 Å². The van der Waals surface area contributed by atoms with Crippen LogP contribution in [0, 0.1) is 0 Å². The normalized spacial score (nSPS) is 8.67. The molecule has 0 bridgehead atoms. The molecule has 0 saturated carbocycles. The summed E-state index contributed by atoms with van der Waals surface area (Å²) in [5, 5.41) is 3.01. The zero-order valence-corrected chi connectivity index (χ0v) is 3.29. The maximum absolute atomic E-state index is 4.61. The molecule has 0 aromatic heterocycles. The second-order valence-electron chi connectivity index (χ2n) is 0.557. The van der Waals surface area contributed by atoms with Gasteiger partial charge >= 0.3 is 0 Å². The van der Waals surface area contributed by atoms with Gasteiger partial charge in [0.1, 0.15) is 0 Å². The quantitative estimate of drug-likeness (QED) is 0.170. The highest BCUT2D eigenvalue weighted by Crippen LogP contribution is 1.59. The van der Waals surface area contributed by atoms with Crippen LogP contribution in [0.3, 0.4) is 0 Å². The van der Waals surface area contributed by atoms with E-state index in [1.165, 1.54) is 6.26 Å². The van der Waals surface area contributed by atoms with Crippen LogP contribution in [0.2, 0.25) is 0 Å². The van der Waals surface area contributed by atoms with Crippen LogP contribution >= 0.6 is 0 Å². The van der Waals surface area contributed by atoms with Crippen molar-refractivity contribution >= 4 is 6.40 Å². The molecule has 3 heteroatoms. The number of ether oxygens (including phenoxy) is 1. The Kier molecular flexibility index (Phi) is 3.35. The van der Waals surface area contributed by atoms with Gasteiger partial charge in [0, 0.05) is 0 Å². The molecule has 0 aliphatic carbocycles. The summed E-state index contributed by atoms with van der Waals surface area (Å²) < 4.78 is 4.33. The fourth-order valence-corrected chi connectivity index (χ4v) is 0.0782. The summed E-state index contributed by atoms with van der Waals surface area (Å²) in [6.07, 6.45) is 2.32. The van der Waals surface area contributed by atoms with Gasteiger partial charge in [0.25, 0.3) is 0 Å². The van der Waals surface area contributed by atoms with E-state index >= 15 is 0 Å². The molecule has 0 spiro atoms. The maximum Gasteiger partial charge on any atom is 0.197 e. The third-order valence-corrected chi connectivity index (χ3v) is 0.218. The van der Waals surface area contributed by atoms with Gasteiger partial charge < -0.3 is 10.6 Å². The molecule has 0 unspecified atom stereocenters. The first-order valence-electron chi connectivity index (χ1n) is 1.40. The summed E-state index contributed by atoms with van der Waals surface area (Å²) in [6, 6.07) is 0. The first-order chi connectivity index (χ1) is 2.91. The van der Waals surface area contributed by atoms with Crippen LogP contribution in [-0.2, 0) is 4.74 Å². The summed E-state index contributed by atoms with van der Waals surface area (Å²) in [7, 11) is 0. The maximum atomic E-state index is 4.61. The predicted molar refractivity (Wildman–Crippen MR) is 24.0 cm³/mol. The van der Waals surface area contributed by atoms with Gasteiger partial charge in [-0.15, -0.1) is 0 Å². The van der Waals surface area contributed by atoms with Gasteiger partial charge in [0.15, 0.2) is 6.40 Å². The zero-order chi connectivity index (χ0) is 4.83. The highest BCUT2D eigenvalue weighted by molar-refractivity contribution is 5.46. The van der Waals surface area contributed by atoms with E-state index in [-0.39, 0.29) is 0 Å². The molecule has 0 fully saturated rings. The third-order valence-electron chi connectivity index (χ3n) is 0.218. The summed E-state index contributed by atoms with van der Waals surface area (Å²) in [6.45, 7) is 3.23. The minimum atomic E-state index is 1.09. The van der Waals surface area contributed by atoms with E-state index in [0.29, 0.717) is 0 Å². The average Bonchev–Trinajstić information content (AvgIpc) is 1.61. The van der Waals surface area contributed by atoms with Gasteiger partial charge in [-0.25, -0.2) is 0 Å². The zero-order valence-electron chi connectivity index (χ0n) is 3.29. The number of rotatable bonds is 2. The van der Waals surface area contributed by atoms with Crippen LogP contribution < -0.4 is 5.84 Å². The van der Waals surface area contributed by atoms with E-state index in [0.717, 1.165) is 6.40 Å². The van der Waals surface area contributed by atoms with Crippen LogP contribution in [0.1, 0.15) is 0 Å². The Morgan fingerprint density at radius 1 is 1.83 bits per heavy atom. The molecule has 0 radical (unpaired) electrons. The molecule has 0 amide bonds. The molecule has 0 aliphatic rings. The van der Waals surface area contributed by atoms with Crippen molar-refractivity contribution in [1.82, 2.24) is 0 Å². The molecular formula is C3H6N2O. The Hall–Kier alpha value is -0.990. The first-order valence-corrected chi connectivity index (χ1v) is 1.40. The Balaban J connectivity index is 2.85. The summed E-state index contributed by atoms with van der Waals surface area (Å²) in [5.41, 5.74) is 0. The Morgan fingerprint density at radius 2 is 2.50 bits per heavy atom. The average molecular weight is 86.1 g/mol. The molecule has 0 heterocycles. The van der Waals surface area contributed by atoms with E-state index < -0.39 is 0 Å². The van der Waals surface area contributed by atoms with Crippen molar-refractivity contribution in [2.75, 3.05) is 0 Å². The van der Waals surface area contributed by atoms with Gasteiger partial charge in [-0.1, -0.05) is 6.58 Å². The number of nitrogens with zero attached hydrogens (tertiary/aromatic N) is 1. The van der Waals surface area contributed by atoms with Gasteiger partial charge in [0.2, 0.25) is 0 Å². The Bertz CT molecular complexity index is 59.8. The molecule has 34 valence electrons. The molecule has 2 N–H and O–H groups in total. The lowest BCUT2D eigenvalue weighted by atomic mass is 11.1. The molecule has 0 aromatic carbocycles. The standard InChI is InChI=1S/C3H6N2O/c1-2-6-3-5-4/h2-3H,1,4H2. The van der Waals surface area contributed by atoms with Crippen molar-refractivity contribution in [3.05, 3.63) is 12.8 Å². The lowest BCUT2D eigenvalue weighted by Crippen LogP contribution is -1.81. The summed E-state index contributed by atoms with van der Waals surface area (Å²) in [5.74, 6) is 4.61. The second-order valence-corrected chi connectivity index (χ2v) is 0.557. The van der Waals surface area contributed by atoms with E-state index in [2.05, 4.69) is 22.3 Å². The topological polar surface area (TPSA) is 47.6 Å². The highest BCUT2D eigenvalue weighted by atomic mass is 16.5. The first kappa shape index (κ1) is 5.01. The van der Waals surface area contributed by atoms with Crippen molar-refractivity contribution < 1.29 is 4.74 Å². The van der Waals surface area contributed by atoms with E-state index in [1.807, 2.05) is 0 Å². The van der Waals surface area contributed by atoms with Gasteiger partial charge in [-0.3, -0.25) is 0 Å². The van der Waals surface area contributed by atoms with Crippen molar-refractivity contribution in [1.29, 1.82) is 0 Å². The summed E-state index contributed by atoms with van der Waals surface area (Å²) in [4.78, 5) is 0. The number of nitrogens with two attached hydrogens (primary N) is 1. The fourth-order valence-electron chi connectivity index (χ4n) is 0.0782. The third kappa shape index (κ3) is 3.01. The van der Waals surface area contributed by atoms with Crippen LogP contribution in [0.15, 0.2) is 17.9 Å². The van der Waals surface area contributed by atoms with Crippen molar-refractivity contribution in [3.8, 4) is 0 Å². The second kappa shape index (κ2) is 4.01. The molecule has 0 aliphatic heterocycles. The van der Waals surface area contributed by atoms with Gasteiger partial charge in [-0.2, -0.15) is 5.10 Å². The molecule has 3 nitrogen and oxygen atoms in total. The molecule has 0 rings (SSSR count). The lowest BCUT2D eigenvalue weighted by Gasteiger charge is -1.78. The van der Waals surface area contributed by atoms with E-state index in [4.69, 9.17) is 0 Å². The Labute approximate surface area is 36.1 Å². The minimum Gasteiger partial charge on any atom is -0.452 e. The van der Waals surface area contributed by atoms with E-state index in [1.54, 1.807) is 0 Å². The van der Waals surface area contributed by atoms with Crippen LogP contribution in [0.5, 0.6) is 0 Å². The van der Waals surface area contributed by atoms with Crippen LogP contribution in [-0.4, -0.2) is 6.40 Å². The SMILES string of the molecule is C=COC=NN. The number of hydrazone groups is 1. The summed E-state index contributed by atoms with van der Waals surface area (Å²) >= 11 is 0. The largest absolute Gasteiger partial charge is 0.452 e. The molecule has 0 atom stereocenters. The van der Waals surface area contributed by atoms with Gasteiger partial charge in [0.05, 0.1) is 6.26 Å². The minimum absolute atomic E-state index is 1.09. The highest BCUT2D eigenvalue weighted by Gasteiger charge is 1.54. The number of hydrogen-bond donors (Lipinski definition) is 1. The van der Waals surface area contributed by atoms with E-state index in [9.17, 15) is 0 Å². The van der Waals surface area contributed by atoms with Crippen LogP contribution in [0.4, 0.5) is 0 Å². The molecular weight excluding hydrogens is 80.0 g/mol. The number of hydrogen-bond acceptors (Lipinski definition) is 3. The van der Waals surface area contributed by atoms with Crippen molar-refractivity contribution in [2.45, 2.75) is 0 Å². The molecule has 6 heavy (non-hydrogen) atoms. The Morgan fingerprint density at radius 3 is 2.67 bits per heavy atom. The lowest BCUT2D eigenvalue weighted by molar-refractivity contribution is 0.494. The van der Waals surface area contributed by atoms with Crippen LogP contribution in [0.25, 0.3) is 0 Å². The smallest absolute Gasteiger partial charge is 0.197 e. The predicted octanol–water partition coefficient (Wildman–Crippen LogP) is 0.0485. The van der Waals surface area contributed by atoms with Gasteiger partial charge in [-0.05, 0) is 0 Å².